The molecule has 0 amide bonds. The van der Waals surface area contributed by atoms with Gasteiger partial charge in [0.25, 0.3) is 0 Å². The van der Waals surface area contributed by atoms with E-state index >= 15 is 0 Å². The van der Waals surface area contributed by atoms with Gasteiger partial charge in [-0.05, 0) is 6.92 Å². The van der Waals surface area contributed by atoms with E-state index in [-0.39, 0.29) is 0 Å². The van der Waals surface area contributed by atoms with Crippen molar-refractivity contribution in [2.45, 2.75) is 25.6 Å². The summed E-state index contributed by atoms with van der Waals surface area (Å²) in [7, 11) is 0. The van der Waals surface area contributed by atoms with Gasteiger partial charge in [-0.15, -0.1) is 0 Å². The van der Waals surface area contributed by atoms with Crippen LogP contribution in [0.1, 0.15) is 6.92 Å². The van der Waals surface area contributed by atoms with E-state index in [9.17, 15) is 17.6 Å². The van der Waals surface area contributed by atoms with E-state index in [4.69, 9.17) is 10.2 Å². The summed E-state index contributed by atoms with van der Waals surface area (Å²) in [5.41, 5.74) is 0. The first-order valence-corrected chi connectivity index (χ1v) is 2.83. The van der Waals surface area contributed by atoms with Crippen molar-refractivity contribution in [2.24, 2.45) is 5.92 Å². The molecule has 2 nitrogen and oxygen atoms in total. The number of aliphatic hydroxyl groups is 2. The third-order valence-electron chi connectivity index (χ3n) is 1.19. The minimum atomic E-state index is -4.91. The van der Waals surface area contributed by atoms with Gasteiger partial charge in [0, 0.05) is 0 Å². The lowest BCUT2D eigenvalue weighted by Gasteiger charge is -2.22. The topological polar surface area (TPSA) is 40.5 Å². The maximum atomic E-state index is 11.8. The molecular formula is C5H8F4O2. The van der Waals surface area contributed by atoms with Gasteiger partial charge in [0.15, 0.2) is 0 Å². The van der Waals surface area contributed by atoms with Crippen molar-refractivity contribution in [1.29, 1.82) is 0 Å². The molecule has 0 aromatic carbocycles. The van der Waals surface area contributed by atoms with Crippen LogP contribution in [-0.2, 0) is 0 Å². The summed E-state index contributed by atoms with van der Waals surface area (Å²) in [5.74, 6) is -2.72. The summed E-state index contributed by atoms with van der Waals surface area (Å²) in [6.07, 6.45) is -9.94. The summed E-state index contributed by atoms with van der Waals surface area (Å²) < 4.78 is 46.8. The highest BCUT2D eigenvalue weighted by Gasteiger charge is 2.47. The summed E-state index contributed by atoms with van der Waals surface area (Å²) in [4.78, 5) is 0. The molecule has 0 saturated carbocycles. The molecule has 0 heterocycles. The fourth-order valence-electron chi connectivity index (χ4n) is 0.659. The third-order valence-corrected chi connectivity index (χ3v) is 1.19. The number of halogens is 4. The summed E-state index contributed by atoms with van der Waals surface area (Å²) in [6, 6.07) is 0. The van der Waals surface area contributed by atoms with Gasteiger partial charge in [-0.25, -0.2) is 4.39 Å². The second-order valence-corrected chi connectivity index (χ2v) is 2.18. The quantitative estimate of drug-likeness (QED) is 0.612. The van der Waals surface area contributed by atoms with Gasteiger partial charge in [-0.2, -0.15) is 13.2 Å². The molecular weight excluding hydrogens is 168 g/mol. The maximum absolute atomic E-state index is 11.8. The van der Waals surface area contributed by atoms with E-state index in [1.54, 1.807) is 0 Å². The van der Waals surface area contributed by atoms with Crippen LogP contribution in [0.5, 0.6) is 0 Å². The number of aliphatic hydroxyl groups excluding tert-OH is 2. The fraction of sp³-hybridized carbons (Fsp3) is 1.00. The molecule has 0 aromatic rings. The predicted octanol–water partition coefficient (Wildman–Crippen LogP) is 0.834. The molecule has 2 N–H and O–H groups in total. The first-order chi connectivity index (χ1) is 4.76. The lowest BCUT2D eigenvalue weighted by atomic mass is 10.0. The SMILES string of the molecule is CC(O)C(C(O)F)C(F)(F)F. The molecule has 6 heteroatoms. The van der Waals surface area contributed by atoms with Crippen LogP contribution in [0.2, 0.25) is 0 Å². The highest BCUT2D eigenvalue weighted by atomic mass is 19.4. The molecule has 0 spiro atoms. The Morgan fingerprint density at radius 2 is 1.55 bits per heavy atom. The first kappa shape index (κ1) is 10.6. The van der Waals surface area contributed by atoms with Crippen LogP contribution in [0.3, 0.4) is 0 Å². The Kier molecular flexibility index (Phi) is 3.25. The lowest BCUT2D eigenvalue weighted by molar-refractivity contribution is -0.243. The van der Waals surface area contributed by atoms with E-state index in [1.807, 2.05) is 0 Å². The highest BCUT2D eigenvalue weighted by molar-refractivity contribution is 4.74. The molecule has 0 aliphatic heterocycles. The molecule has 3 atom stereocenters. The largest absolute Gasteiger partial charge is 0.399 e. The van der Waals surface area contributed by atoms with Crippen molar-refractivity contribution in [3.63, 3.8) is 0 Å². The Bertz CT molecular complexity index is 112. The monoisotopic (exact) mass is 176 g/mol. The van der Waals surface area contributed by atoms with Crippen molar-refractivity contribution in [2.75, 3.05) is 0 Å². The van der Waals surface area contributed by atoms with Crippen molar-refractivity contribution >= 4 is 0 Å². The Labute approximate surface area is 60.4 Å². The van der Waals surface area contributed by atoms with Crippen molar-refractivity contribution in [3.8, 4) is 0 Å². The van der Waals surface area contributed by atoms with Gasteiger partial charge < -0.3 is 10.2 Å². The van der Waals surface area contributed by atoms with E-state index in [0.29, 0.717) is 0 Å². The third kappa shape index (κ3) is 3.02. The van der Waals surface area contributed by atoms with Gasteiger partial charge in [0.2, 0.25) is 6.36 Å². The minimum Gasteiger partial charge on any atom is -0.393 e. The molecule has 0 bridgehead atoms. The Hall–Kier alpha value is -0.360. The maximum Gasteiger partial charge on any atom is 0.399 e. The van der Waals surface area contributed by atoms with Gasteiger partial charge in [0.1, 0.15) is 5.92 Å². The van der Waals surface area contributed by atoms with Crippen LogP contribution in [-0.4, -0.2) is 28.9 Å². The molecule has 0 aromatic heterocycles. The molecule has 0 fully saturated rings. The number of hydrogen-bond acceptors (Lipinski definition) is 2. The number of hydrogen-bond donors (Lipinski definition) is 2. The Balaban J connectivity index is 4.35. The van der Waals surface area contributed by atoms with Crippen molar-refractivity contribution < 1.29 is 27.8 Å². The molecule has 68 valence electrons. The lowest BCUT2D eigenvalue weighted by Crippen LogP contribution is -2.39. The van der Waals surface area contributed by atoms with Crippen molar-refractivity contribution in [3.05, 3.63) is 0 Å². The van der Waals surface area contributed by atoms with Gasteiger partial charge >= 0.3 is 6.18 Å². The minimum absolute atomic E-state index is 0.765. The average Bonchev–Trinajstić information content (AvgIpc) is 1.54. The zero-order valence-electron chi connectivity index (χ0n) is 5.64. The smallest absolute Gasteiger partial charge is 0.393 e. The zero-order chi connectivity index (χ0) is 9.23. The molecule has 0 radical (unpaired) electrons. The normalized spacial score (nSPS) is 21.0. The summed E-state index contributed by atoms with van der Waals surface area (Å²) >= 11 is 0. The summed E-state index contributed by atoms with van der Waals surface area (Å²) in [6.45, 7) is 0.765. The van der Waals surface area contributed by atoms with Gasteiger partial charge in [-0.1, -0.05) is 0 Å². The van der Waals surface area contributed by atoms with Crippen LogP contribution < -0.4 is 0 Å². The second kappa shape index (κ2) is 3.36. The molecule has 3 unspecified atom stereocenters. The Morgan fingerprint density at radius 3 is 1.55 bits per heavy atom. The fourth-order valence-corrected chi connectivity index (χ4v) is 0.659. The van der Waals surface area contributed by atoms with E-state index < -0.39 is 24.6 Å². The molecule has 0 aliphatic carbocycles. The van der Waals surface area contributed by atoms with E-state index in [1.165, 1.54) is 0 Å². The average molecular weight is 176 g/mol. The predicted molar refractivity (Wildman–Crippen MR) is 28.3 cm³/mol. The van der Waals surface area contributed by atoms with Crippen LogP contribution in [0.15, 0.2) is 0 Å². The Morgan fingerprint density at radius 1 is 1.18 bits per heavy atom. The zero-order valence-corrected chi connectivity index (χ0v) is 5.64. The molecule has 0 rings (SSSR count). The van der Waals surface area contributed by atoms with Crippen LogP contribution in [0.4, 0.5) is 17.6 Å². The summed E-state index contributed by atoms with van der Waals surface area (Å²) in [5, 5.41) is 16.4. The van der Waals surface area contributed by atoms with Gasteiger partial charge in [0.05, 0.1) is 6.10 Å². The van der Waals surface area contributed by atoms with Crippen LogP contribution in [0, 0.1) is 5.92 Å². The molecule has 0 aliphatic rings. The van der Waals surface area contributed by atoms with Crippen LogP contribution in [0.25, 0.3) is 0 Å². The molecule has 0 saturated heterocycles. The highest BCUT2D eigenvalue weighted by Crippen LogP contribution is 2.31. The van der Waals surface area contributed by atoms with Gasteiger partial charge in [-0.3, -0.25) is 0 Å². The van der Waals surface area contributed by atoms with Crippen LogP contribution >= 0.6 is 0 Å². The van der Waals surface area contributed by atoms with E-state index in [2.05, 4.69) is 0 Å². The standard InChI is InChI=1S/C5H8F4O2/c1-2(10)3(4(6)11)5(7,8)9/h2-4,10-11H,1H3. The van der Waals surface area contributed by atoms with E-state index in [0.717, 1.165) is 6.92 Å². The first-order valence-electron chi connectivity index (χ1n) is 2.83. The molecule has 11 heavy (non-hydrogen) atoms. The second-order valence-electron chi connectivity index (χ2n) is 2.18. The van der Waals surface area contributed by atoms with Crippen molar-refractivity contribution in [1.82, 2.24) is 0 Å². The number of rotatable bonds is 2. The number of alkyl halides is 4.